The lowest BCUT2D eigenvalue weighted by atomic mass is 9.87. The van der Waals surface area contributed by atoms with Gasteiger partial charge in [-0.05, 0) is 29.0 Å². The zero-order valence-electron chi connectivity index (χ0n) is 10.8. The van der Waals surface area contributed by atoms with Crippen molar-refractivity contribution in [2.45, 2.75) is 40.0 Å². The van der Waals surface area contributed by atoms with Gasteiger partial charge >= 0.3 is 0 Å². The first-order valence-electron chi connectivity index (χ1n) is 5.73. The Labute approximate surface area is 97.6 Å². The van der Waals surface area contributed by atoms with E-state index in [1.165, 1.54) is 0 Å². The molecule has 90 valence electrons. The summed E-state index contributed by atoms with van der Waals surface area (Å²) in [5.41, 5.74) is 0.958. The minimum Gasteiger partial charge on any atom is -0.490 e. The Morgan fingerprint density at radius 2 is 1.88 bits per heavy atom. The number of benzene rings is 1. The molecule has 0 aliphatic heterocycles. The number of halogens is 1. The first-order valence-corrected chi connectivity index (χ1v) is 5.73. The Morgan fingerprint density at radius 3 is 2.31 bits per heavy atom. The van der Waals surface area contributed by atoms with Gasteiger partial charge in [0.05, 0.1) is 6.61 Å². The Bertz CT molecular complexity index is 350. The van der Waals surface area contributed by atoms with Crippen LogP contribution in [-0.4, -0.2) is 6.61 Å². The maximum atomic E-state index is 13.7. The predicted molar refractivity (Wildman–Crippen MR) is 65.4 cm³/mol. The van der Waals surface area contributed by atoms with Crippen molar-refractivity contribution < 1.29 is 9.13 Å². The van der Waals surface area contributed by atoms with E-state index >= 15 is 0 Å². The fourth-order valence-corrected chi connectivity index (χ4v) is 1.34. The molecule has 0 aliphatic carbocycles. The number of ether oxygens (including phenoxy) is 1. The van der Waals surface area contributed by atoms with E-state index in [1.807, 2.05) is 19.9 Å². The van der Waals surface area contributed by atoms with Crippen LogP contribution >= 0.6 is 0 Å². The molecule has 0 atom stereocenters. The first-order chi connectivity index (χ1) is 7.30. The summed E-state index contributed by atoms with van der Waals surface area (Å²) >= 11 is 0. The largest absolute Gasteiger partial charge is 0.490 e. The third-order valence-electron chi connectivity index (χ3n) is 2.37. The number of hydrogen-bond donors (Lipinski definition) is 0. The highest BCUT2D eigenvalue weighted by molar-refractivity contribution is 5.32. The van der Waals surface area contributed by atoms with Crippen LogP contribution in [0.4, 0.5) is 4.39 Å². The average molecular weight is 224 g/mol. The zero-order chi connectivity index (χ0) is 12.3. The second-order valence-electron chi connectivity index (χ2n) is 5.60. The van der Waals surface area contributed by atoms with E-state index in [4.69, 9.17) is 4.74 Å². The molecule has 0 unspecified atom stereocenters. The molecule has 1 rings (SSSR count). The number of hydrogen-bond acceptors (Lipinski definition) is 1. The summed E-state index contributed by atoms with van der Waals surface area (Å²) in [7, 11) is 0. The third kappa shape index (κ3) is 3.51. The summed E-state index contributed by atoms with van der Waals surface area (Å²) in [6.07, 6.45) is 0. The average Bonchev–Trinajstić information content (AvgIpc) is 2.14. The van der Waals surface area contributed by atoms with Crippen molar-refractivity contribution in [2.24, 2.45) is 5.92 Å². The van der Waals surface area contributed by atoms with Crippen LogP contribution < -0.4 is 4.74 Å². The maximum Gasteiger partial charge on any atom is 0.165 e. The highest BCUT2D eigenvalue weighted by Crippen LogP contribution is 2.27. The lowest BCUT2D eigenvalue weighted by molar-refractivity contribution is 0.259. The van der Waals surface area contributed by atoms with Gasteiger partial charge in [-0.2, -0.15) is 0 Å². The van der Waals surface area contributed by atoms with Crippen LogP contribution in [-0.2, 0) is 5.41 Å². The molecule has 0 saturated carbocycles. The highest BCUT2D eigenvalue weighted by atomic mass is 19.1. The van der Waals surface area contributed by atoms with Crippen molar-refractivity contribution in [3.63, 3.8) is 0 Å². The van der Waals surface area contributed by atoms with E-state index in [-0.39, 0.29) is 11.2 Å². The van der Waals surface area contributed by atoms with Crippen molar-refractivity contribution in [1.29, 1.82) is 0 Å². The molecule has 2 heteroatoms. The fraction of sp³-hybridized carbons (Fsp3) is 0.571. The summed E-state index contributed by atoms with van der Waals surface area (Å²) in [6.45, 7) is 10.8. The van der Waals surface area contributed by atoms with Gasteiger partial charge in [0.25, 0.3) is 0 Å². The van der Waals surface area contributed by atoms with E-state index < -0.39 is 0 Å². The monoisotopic (exact) mass is 224 g/mol. The minimum absolute atomic E-state index is 0.0303. The zero-order valence-corrected chi connectivity index (χ0v) is 10.8. The van der Waals surface area contributed by atoms with Gasteiger partial charge in [0.15, 0.2) is 11.6 Å². The quantitative estimate of drug-likeness (QED) is 0.749. The van der Waals surface area contributed by atoms with E-state index in [2.05, 4.69) is 20.8 Å². The molecule has 1 aromatic carbocycles. The topological polar surface area (TPSA) is 9.23 Å². The molecule has 0 fully saturated rings. The lowest BCUT2D eigenvalue weighted by Gasteiger charge is -2.19. The Morgan fingerprint density at radius 1 is 1.25 bits per heavy atom. The molecule has 0 aliphatic rings. The second-order valence-corrected chi connectivity index (χ2v) is 5.60. The standard InChI is InChI=1S/C14H21FO/c1-10(2)9-16-13-7-6-11(8-12(13)15)14(3,4)5/h6-8,10H,9H2,1-5H3. The van der Waals surface area contributed by atoms with Crippen LogP contribution in [0.1, 0.15) is 40.2 Å². The molecule has 0 N–H and O–H groups in total. The van der Waals surface area contributed by atoms with Crippen molar-refractivity contribution in [2.75, 3.05) is 6.61 Å². The van der Waals surface area contributed by atoms with Gasteiger partial charge in [0, 0.05) is 0 Å². The molecule has 1 aromatic rings. The van der Waals surface area contributed by atoms with Gasteiger partial charge < -0.3 is 4.74 Å². The van der Waals surface area contributed by atoms with Gasteiger partial charge in [-0.3, -0.25) is 0 Å². The summed E-state index contributed by atoms with van der Waals surface area (Å²) < 4.78 is 19.1. The van der Waals surface area contributed by atoms with Gasteiger partial charge in [0.1, 0.15) is 0 Å². The van der Waals surface area contributed by atoms with Crippen LogP contribution in [0.15, 0.2) is 18.2 Å². The van der Waals surface area contributed by atoms with Crippen molar-refractivity contribution in [3.05, 3.63) is 29.6 Å². The summed E-state index contributed by atoms with van der Waals surface area (Å²) in [5.74, 6) is 0.483. The van der Waals surface area contributed by atoms with Gasteiger partial charge in [0.2, 0.25) is 0 Å². The summed E-state index contributed by atoms with van der Waals surface area (Å²) in [4.78, 5) is 0. The second kappa shape index (κ2) is 4.86. The SMILES string of the molecule is CC(C)COc1ccc(C(C)(C)C)cc1F. The first kappa shape index (κ1) is 13.0. The van der Waals surface area contributed by atoms with Crippen LogP contribution in [0.5, 0.6) is 5.75 Å². The Kier molecular flexibility index (Phi) is 3.95. The van der Waals surface area contributed by atoms with Crippen LogP contribution in [0, 0.1) is 11.7 Å². The van der Waals surface area contributed by atoms with Crippen LogP contribution in [0.25, 0.3) is 0 Å². The van der Waals surface area contributed by atoms with Crippen LogP contribution in [0.3, 0.4) is 0 Å². The molecule has 0 heterocycles. The van der Waals surface area contributed by atoms with Gasteiger partial charge in [-0.25, -0.2) is 4.39 Å². The summed E-state index contributed by atoms with van der Waals surface area (Å²) in [5, 5.41) is 0. The normalized spacial score (nSPS) is 11.9. The molecule has 1 nitrogen and oxygen atoms in total. The van der Waals surface area contributed by atoms with Gasteiger partial charge in [-0.1, -0.05) is 40.7 Å². The molecule has 0 saturated heterocycles. The van der Waals surface area contributed by atoms with E-state index in [0.717, 1.165) is 5.56 Å². The molecule has 16 heavy (non-hydrogen) atoms. The van der Waals surface area contributed by atoms with Crippen molar-refractivity contribution in [3.8, 4) is 5.75 Å². The maximum absolute atomic E-state index is 13.7. The molecule has 0 radical (unpaired) electrons. The van der Waals surface area contributed by atoms with Crippen LogP contribution in [0.2, 0.25) is 0 Å². The predicted octanol–water partition coefficient (Wildman–Crippen LogP) is 4.16. The van der Waals surface area contributed by atoms with Gasteiger partial charge in [-0.15, -0.1) is 0 Å². The van der Waals surface area contributed by atoms with Crippen molar-refractivity contribution in [1.82, 2.24) is 0 Å². The molecule has 0 bridgehead atoms. The van der Waals surface area contributed by atoms with Crippen molar-refractivity contribution >= 4 is 0 Å². The Balaban J connectivity index is 2.84. The van der Waals surface area contributed by atoms with E-state index in [9.17, 15) is 4.39 Å². The molecule has 0 aromatic heterocycles. The summed E-state index contributed by atoms with van der Waals surface area (Å²) in [6, 6.07) is 5.21. The fourth-order valence-electron chi connectivity index (χ4n) is 1.34. The molecule has 0 spiro atoms. The molecule has 0 amide bonds. The lowest BCUT2D eigenvalue weighted by Crippen LogP contribution is -2.12. The van der Waals surface area contributed by atoms with E-state index in [0.29, 0.717) is 18.3 Å². The molecular weight excluding hydrogens is 203 g/mol. The smallest absolute Gasteiger partial charge is 0.165 e. The Hall–Kier alpha value is -1.05. The minimum atomic E-state index is -0.270. The van der Waals surface area contributed by atoms with E-state index in [1.54, 1.807) is 12.1 Å². The molecular formula is C14H21FO. The highest BCUT2D eigenvalue weighted by Gasteiger charge is 2.16. The number of rotatable bonds is 3. The third-order valence-corrected chi connectivity index (χ3v) is 2.37.